The number of benzene rings is 1. The lowest BCUT2D eigenvalue weighted by molar-refractivity contribution is -0.115. The van der Waals surface area contributed by atoms with Gasteiger partial charge in [-0.3, -0.25) is 4.79 Å². The van der Waals surface area contributed by atoms with E-state index in [-0.39, 0.29) is 18.1 Å². The van der Waals surface area contributed by atoms with E-state index < -0.39 is 5.82 Å². The molecule has 2 aromatic rings. The maximum absolute atomic E-state index is 13.7. The summed E-state index contributed by atoms with van der Waals surface area (Å²) in [6, 6.07) is 4.21. The largest absolute Gasteiger partial charge is 0.383 e. The molecule has 0 bridgehead atoms. The van der Waals surface area contributed by atoms with Gasteiger partial charge in [0.2, 0.25) is 5.91 Å². The quantitative estimate of drug-likeness (QED) is 0.697. The first-order chi connectivity index (χ1) is 10.2. The van der Waals surface area contributed by atoms with Crippen LogP contribution in [0.15, 0.2) is 24.5 Å². The number of halogens is 1. The molecule has 1 amide bonds. The summed E-state index contributed by atoms with van der Waals surface area (Å²) in [6.07, 6.45) is 1.38. The van der Waals surface area contributed by atoms with Crippen molar-refractivity contribution in [2.75, 3.05) is 32.1 Å². The van der Waals surface area contributed by atoms with Crippen molar-refractivity contribution in [2.45, 2.75) is 0 Å². The summed E-state index contributed by atoms with van der Waals surface area (Å²) in [4.78, 5) is 11.7. The van der Waals surface area contributed by atoms with Gasteiger partial charge in [0.1, 0.15) is 12.1 Å². The van der Waals surface area contributed by atoms with Crippen LogP contribution in [0.3, 0.4) is 0 Å². The van der Waals surface area contributed by atoms with E-state index in [1.165, 1.54) is 29.2 Å². The van der Waals surface area contributed by atoms with Crippen LogP contribution < -0.4 is 10.6 Å². The Morgan fingerprint density at radius 3 is 3.05 bits per heavy atom. The van der Waals surface area contributed by atoms with Gasteiger partial charge in [0.25, 0.3) is 0 Å². The minimum absolute atomic E-state index is 0.0674. The van der Waals surface area contributed by atoms with E-state index in [0.717, 1.165) is 0 Å². The van der Waals surface area contributed by atoms with Gasteiger partial charge in [-0.05, 0) is 28.6 Å². The molecule has 8 nitrogen and oxygen atoms in total. The summed E-state index contributed by atoms with van der Waals surface area (Å²) in [6.45, 7) is 1.10. The van der Waals surface area contributed by atoms with Crippen molar-refractivity contribution in [2.24, 2.45) is 0 Å². The molecule has 0 saturated heterocycles. The minimum Gasteiger partial charge on any atom is -0.383 e. The van der Waals surface area contributed by atoms with Crippen LogP contribution >= 0.6 is 0 Å². The number of amides is 1. The van der Waals surface area contributed by atoms with Crippen molar-refractivity contribution in [3.63, 3.8) is 0 Å². The third-order valence-corrected chi connectivity index (χ3v) is 2.61. The van der Waals surface area contributed by atoms with Crippen molar-refractivity contribution < 1.29 is 13.9 Å². The number of aromatic nitrogens is 4. The number of carbonyl (C=O) groups excluding carboxylic acids is 1. The zero-order valence-electron chi connectivity index (χ0n) is 11.4. The molecule has 0 fully saturated rings. The van der Waals surface area contributed by atoms with E-state index in [9.17, 15) is 9.18 Å². The highest BCUT2D eigenvalue weighted by Gasteiger charge is 2.09. The maximum Gasteiger partial charge on any atom is 0.238 e. The molecule has 1 aromatic heterocycles. The van der Waals surface area contributed by atoms with Crippen LogP contribution in [0.4, 0.5) is 10.1 Å². The molecule has 0 atom stereocenters. The zero-order valence-corrected chi connectivity index (χ0v) is 11.4. The lowest BCUT2D eigenvalue weighted by Gasteiger charge is -2.09. The van der Waals surface area contributed by atoms with Crippen LogP contribution in [-0.4, -0.2) is 52.9 Å². The van der Waals surface area contributed by atoms with Gasteiger partial charge in [-0.25, -0.2) is 9.07 Å². The monoisotopic (exact) mass is 294 g/mol. The molecular formula is C12H15FN6O2. The molecule has 0 aliphatic carbocycles. The van der Waals surface area contributed by atoms with Crippen LogP contribution in [0, 0.1) is 5.82 Å². The molecule has 0 spiro atoms. The van der Waals surface area contributed by atoms with Gasteiger partial charge in [0.05, 0.1) is 24.5 Å². The van der Waals surface area contributed by atoms with Crippen LogP contribution in [0.2, 0.25) is 0 Å². The Labute approximate surface area is 120 Å². The second-order valence-electron chi connectivity index (χ2n) is 4.14. The smallest absolute Gasteiger partial charge is 0.238 e. The Kier molecular flexibility index (Phi) is 5.29. The molecule has 0 radical (unpaired) electrons. The number of methoxy groups -OCH3 is 1. The molecule has 0 aliphatic rings. The van der Waals surface area contributed by atoms with Gasteiger partial charge in [0, 0.05) is 13.7 Å². The summed E-state index contributed by atoms with van der Waals surface area (Å²) in [5, 5.41) is 16.1. The van der Waals surface area contributed by atoms with Gasteiger partial charge in [-0.2, -0.15) is 0 Å². The highest BCUT2D eigenvalue weighted by atomic mass is 19.1. The molecule has 112 valence electrons. The van der Waals surface area contributed by atoms with Gasteiger partial charge >= 0.3 is 0 Å². The van der Waals surface area contributed by atoms with Crippen LogP contribution in [0.5, 0.6) is 0 Å². The first-order valence-corrected chi connectivity index (χ1v) is 6.23. The van der Waals surface area contributed by atoms with Crippen LogP contribution in [-0.2, 0) is 9.53 Å². The number of nitrogens with zero attached hydrogens (tertiary/aromatic N) is 4. The predicted molar refractivity (Wildman–Crippen MR) is 72.5 cm³/mol. The molecule has 2 N–H and O–H groups in total. The Morgan fingerprint density at radius 1 is 1.48 bits per heavy atom. The minimum atomic E-state index is -0.530. The molecule has 0 unspecified atom stereocenters. The predicted octanol–water partition coefficient (Wildman–Crippen LogP) is -0.0241. The Hall–Kier alpha value is -2.39. The first-order valence-electron chi connectivity index (χ1n) is 6.23. The number of hydrogen-bond acceptors (Lipinski definition) is 6. The molecular weight excluding hydrogens is 279 g/mol. The van der Waals surface area contributed by atoms with Crippen molar-refractivity contribution in [1.29, 1.82) is 0 Å². The second-order valence-corrected chi connectivity index (χ2v) is 4.14. The summed E-state index contributed by atoms with van der Waals surface area (Å²) < 4.78 is 19.9. The van der Waals surface area contributed by atoms with Gasteiger partial charge in [-0.1, -0.05) is 0 Å². The summed E-state index contributed by atoms with van der Waals surface area (Å²) in [5.74, 6) is -0.879. The van der Waals surface area contributed by atoms with Crippen molar-refractivity contribution in [3.05, 3.63) is 30.3 Å². The first kappa shape index (κ1) is 15.0. The molecule has 1 heterocycles. The van der Waals surface area contributed by atoms with E-state index in [4.69, 9.17) is 4.74 Å². The number of hydrogen-bond donors (Lipinski definition) is 2. The maximum atomic E-state index is 13.7. The van der Waals surface area contributed by atoms with Crippen LogP contribution in [0.1, 0.15) is 0 Å². The SMILES string of the molecule is COCCNCC(=O)Nc1cc(-n2cnnn2)ccc1F. The summed E-state index contributed by atoms with van der Waals surface area (Å²) in [5.41, 5.74) is 0.616. The van der Waals surface area contributed by atoms with Gasteiger partial charge < -0.3 is 15.4 Å². The lowest BCUT2D eigenvalue weighted by Crippen LogP contribution is -2.30. The number of anilines is 1. The highest BCUT2D eigenvalue weighted by Crippen LogP contribution is 2.18. The average molecular weight is 294 g/mol. The average Bonchev–Trinajstić information content (AvgIpc) is 3.00. The summed E-state index contributed by atoms with van der Waals surface area (Å²) in [7, 11) is 1.57. The number of ether oxygens (including phenoxy) is 1. The highest BCUT2D eigenvalue weighted by molar-refractivity contribution is 5.92. The summed E-state index contributed by atoms with van der Waals surface area (Å²) >= 11 is 0. The fraction of sp³-hybridized carbons (Fsp3) is 0.333. The molecule has 9 heteroatoms. The van der Waals surface area contributed by atoms with E-state index in [2.05, 4.69) is 26.2 Å². The molecule has 0 saturated carbocycles. The van der Waals surface area contributed by atoms with Crippen molar-refractivity contribution >= 4 is 11.6 Å². The van der Waals surface area contributed by atoms with Crippen molar-refractivity contribution in [3.8, 4) is 5.69 Å². The Balaban J connectivity index is 1.99. The molecule has 21 heavy (non-hydrogen) atoms. The fourth-order valence-electron chi connectivity index (χ4n) is 1.60. The molecule has 2 rings (SSSR count). The van der Waals surface area contributed by atoms with Crippen LogP contribution in [0.25, 0.3) is 5.69 Å². The second kappa shape index (κ2) is 7.41. The van der Waals surface area contributed by atoms with E-state index in [1.807, 2.05) is 0 Å². The standard InChI is InChI=1S/C12H15FN6O2/c1-21-5-4-14-7-12(20)16-11-6-9(2-3-10(11)13)19-8-15-17-18-19/h2-3,6,8,14H,4-5,7H2,1H3,(H,16,20). The van der Waals surface area contributed by atoms with E-state index in [1.54, 1.807) is 7.11 Å². The van der Waals surface area contributed by atoms with Crippen molar-refractivity contribution in [1.82, 2.24) is 25.5 Å². The van der Waals surface area contributed by atoms with E-state index in [0.29, 0.717) is 18.8 Å². The Bertz CT molecular complexity index is 589. The van der Waals surface area contributed by atoms with E-state index >= 15 is 0 Å². The van der Waals surface area contributed by atoms with Gasteiger partial charge in [0.15, 0.2) is 0 Å². The zero-order chi connectivity index (χ0) is 15.1. The van der Waals surface area contributed by atoms with Gasteiger partial charge in [-0.15, -0.1) is 5.10 Å². The Morgan fingerprint density at radius 2 is 2.33 bits per heavy atom. The normalized spacial score (nSPS) is 10.6. The lowest BCUT2D eigenvalue weighted by atomic mass is 10.2. The number of rotatable bonds is 7. The topological polar surface area (TPSA) is 94.0 Å². The number of carbonyl (C=O) groups is 1. The molecule has 0 aliphatic heterocycles. The number of tetrazole rings is 1. The third kappa shape index (κ3) is 4.29. The fourth-order valence-corrected chi connectivity index (χ4v) is 1.60. The third-order valence-electron chi connectivity index (χ3n) is 2.61. The number of nitrogens with one attached hydrogen (secondary N) is 2. The molecule has 1 aromatic carbocycles.